The van der Waals surface area contributed by atoms with Crippen molar-refractivity contribution < 1.29 is 4.79 Å². The number of nitrogens with zero attached hydrogens (tertiary/aromatic N) is 3. The monoisotopic (exact) mass is 354 g/mol. The molecule has 0 radical (unpaired) electrons. The van der Waals surface area contributed by atoms with E-state index in [1.165, 1.54) is 0 Å². The molecule has 0 saturated heterocycles. The van der Waals surface area contributed by atoms with Gasteiger partial charge in [-0.2, -0.15) is 10.2 Å². The summed E-state index contributed by atoms with van der Waals surface area (Å²) in [5.41, 5.74) is 3.92. The lowest BCUT2D eigenvalue weighted by Crippen LogP contribution is -2.18. The summed E-state index contributed by atoms with van der Waals surface area (Å²) in [5, 5.41) is 7.90. The van der Waals surface area contributed by atoms with E-state index >= 15 is 0 Å². The molecular weight excluding hydrogens is 343 g/mol. The molecule has 2 rings (SSSR count). The standard InChI is InChI=1S/C12H11IN4O/c1-17-9(6-7-15-17)8-14-16-12(18)10-4-2-3-5-11(10)13/h2-8H,1H3,(H,16,18)/b14-8+. The Bertz CT molecular complexity index is 591. The van der Waals surface area contributed by atoms with Crippen LogP contribution in [0.4, 0.5) is 0 Å². The number of aryl methyl sites for hydroxylation is 1. The van der Waals surface area contributed by atoms with Crippen LogP contribution < -0.4 is 5.43 Å². The molecule has 0 saturated carbocycles. The highest BCUT2D eigenvalue weighted by molar-refractivity contribution is 14.1. The quantitative estimate of drug-likeness (QED) is 0.519. The maximum absolute atomic E-state index is 11.8. The van der Waals surface area contributed by atoms with Gasteiger partial charge >= 0.3 is 0 Å². The highest BCUT2D eigenvalue weighted by Crippen LogP contribution is 2.10. The number of aromatic nitrogens is 2. The molecule has 0 aliphatic carbocycles. The van der Waals surface area contributed by atoms with Crippen molar-refractivity contribution in [2.45, 2.75) is 0 Å². The van der Waals surface area contributed by atoms with E-state index in [4.69, 9.17) is 0 Å². The number of carbonyl (C=O) groups excluding carboxylic acids is 1. The van der Waals surface area contributed by atoms with Crippen molar-refractivity contribution in [3.05, 3.63) is 51.4 Å². The van der Waals surface area contributed by atoms with Crippen molar-refractivity contribution >= 4 is 34.7 Å². The molecule has 0 unspecified atom stereocenters. The molecule has 0 atom stereocenters. The third kappa shape index (κ3) is 2.95. The molecule has 1 aromatic heterocycles. The Balaban J connectivity index is 2.03. The maximum atomic E-state index is 11.8. The average Bonchev–Trinajstić information content (AvgIpc) is 2.75. The largest absolute Gasteiger partial charge is 0.272 e. The van der Waals surface area contributed by atoms with Crippen molar-refractivity contribution in [3.63, 3.8) is 0 Å². The molecule has 0 bridgehead atoms. The number of rotatable bonds is 3. The predicted molar refractivity (Wildman–Crippen MR) is 77.4 cm³/mol. The third-order valence-electron chi connectivity index (χ3n) is 2.34. The fourth-order valence-corrected chi connectivity index (χ4v) is 2.01. The summed E-state index contributed by atoms with van der Waals surface area (Å²) in [7, 11) is 1.81. The van der Waals surface area contributed by atoms with Crippen LogP contribution in [0, 0.1) is 3.57 Å². The lowest BCUT2D eigenvalue weighted by Gasteiger charge is -2.01. The first kappa shape index (κ1) is 12.7. The Morgan fingerprint density at radius 2 is 2.22 bits per heavy atom. The molecule has 0 spiro atoms. The third-order valence-corrected chi connectivity index (χ3v) is 3.28. The number of hydrazone groups is 1. The summed E-state index contributed by atoms with van der Waals surface area (Å²) in [6, 6.07) is 9.15. The van der Waals surface area contributed by atoms with Gasteiger partial charge in [0, 0.05) is 16.8 Å². The minimum Gasteiger partial charge on any atom is -0.267 e. The zero-order chi connectivity index (χ0) is 13.0. The summed E-state index contributed by atoms with van der Waals surface area (Å²) in [6.07, 6.45) is 3.23. The second-order valence-electron chi connectivity index (χ2n) is 3.56. The molecule has 1 amide bonds. The molecule has 18 heavy (non-hydrogen) atoms. The SMILES string of the molecule is Cn1nccc1/C=N/NC(=O)c1ccccc1I. The molecule has 1 N–H and O–H groups in total. The number of hydrogen-bond donors (Lipinski definition) is 1. The van der Waals surface area contributed by atoms with Crippen LogP contribution >= 0.6 is 22.6 Å². The molecule has 92 valence electrons. The van der Waals surface area contributed by atoms with Gasteiger partial charge in [-0.25, -0.2) is 5.43 Å². The topological polar surface area (TPSA) is 59.3 Å². The van der Waals surface area contributed by atoms with E-state index in [0.29, 0.717) is 5.56 Å². The summed E-state index contributed by atoms with van der Waals surface area (Å²) < 4.78 is 2.56. The number of nitrogens with one attached hydrogen (secondary N) is 1. The van der Waals surface area contributed by atoms with Crippen molar-refractivity contribution in [1.82, 2.24) is 15.2 Å². The van der Waals surface area contributed by atoms with Crippen molar-refractivity contribution in [2.75, 3.05) is 0 Å². The van der Waals surface area contributed by atoms with Gasteiger partial charge in [0.15, 0.2) is 0 Å². The first-order valence-corrected chi connectivity index (χ1v) is 6.32. The average molecular weight is 354 g/mol. The van der Waals surface area contributed by atoms with Gasteiger partial charge in [0.25, 0.3) is 5.91 Å². The second kappa shape index (κ2) is 5.76. The molecule has 0 aliphatic heterocycles. The van der Waals surface area contributed by atoms with Crippen molar-refractivity contribution in [3.8, 4) is 0 Å². The summed E-state index contributed by atoms with van der Waals surface area (Å²) >= 11 is 2.12. The number of benzene rings is 1. The van der Waals surface area contributed by atoms with Crippen molar-refractivity contribution in [2.24, 2.45) is 12.1 Å². The lowest BCUT2D eigenvalue weighted by atomic mass is 10.2. The summed E-state index contributed by atoms with van der Waals surface area (Å²) in [4.78, 5) is 11.8. The van der Waals surface area contributed by atoms with Gasteiger partial charge in [-0.1, -0.05) is 12.1 Å². The predicted octanol–water partition coefficient (Wildman–Crippen LogP) is 1.79. The van der Waals surface area contributed by atoms with Crippen LogP contribution in [-0.4, -0.2) is 21.9 Å². The van der Waals surface area contributed by atoms with E-state index in [2.05, 4.69) is 38.2 Å². The first-order chi connectivity index (χ1) is 8.68. The van der Waals surface area contributed by atoms with Crippen LogP contribution in [0.15, 0.2) is 41.6 Å². The summed E-state index contributed by atoms with van der Waals surface area (Å²) in [5.74, 6) is -0.224. The molecule has 0 fully saturated rings. The normalized spacial score (nSPS) is 10.8. The van der Waals surface area contributed by atoms with E-state index in [0.717, 1.165) is 9.26 Å². The van der Waals surface area contributed by atoms with E-state index in [-0.39, 0.29) is 5.91 Å². The molecule has 0 aliphatic rings. The zero-order valence-electron chi connectivity index (χ0n) is 9.67. The molecule has 1 heterocycles. The number of hydrogen-bond acceptors (Lipinski definition) is 3. The van der Waals surface area contributed by atoms with E-state index in [9.17, 15) is 4.79 Å². The van der Waals surface area contributed by atoms with Gasteiger partial charge in [0.2, 0.25) is 0 Å². The smallest absolute Gasteiger partial charge is 0.267 e. The van der Waals surface area contributed by atoms with Gasteiger partial charge in [0.1, 0.15) is 0 Å². The van der Waals surface area contributed by atoms with Crippen molar-refractivity contribution in [1.29, 1.82) is 0 Å². The van der Waals surface area contributed by atoms with Gasteiger partial charge in [0.05, 0.1) is 17.5 Å². The zero-order valence-corrected chi connectivity index (χ0v) is 11.8. The number of amides is 1. The second-order valence-corrected chi connectivity index (χ2v) is 4.72. The Kier molecular flexibility index (Phi) is 4.08. The Hall–Kier alpha value is -1.70. The van der Waals surface area contributed by atoms with Crippen LogP contribution in [0.5, 0.6) is 0 Å². The molecule has 5 nitrogen and oxygen atoms in total. The number of carbonyl (C=O) groups is 1. The first-order valence-electron chi connectivity index (χ1n) is 5.24. The van der Waals surface area contributed by atoms with E-state index in [1.54, 1.807) is 23.2 Å². The van der Waals surface area contributed by atoms with Gasteiger partial charge in [-0.3, -0.25) is 9.48 Å². The van der Waals surface area contributed by atoms with E-state index in [1.807, 2.05) is 31.3 Å². The molecule has 1 aromatic carbocycles. The minimum atomic E-state index is -0.224. The molecular formula is C12H11IN4O. The van der Waals surface area contributed by atoms with Crippen LogP contribution in [0.2, 0.25) is 0 Å². The van der Waals surface area contributed by atoms with Crippen LogP contribution in [0.3, 0.4) is 0 Å². The van der Waals surface area contributed by atoms with Gasteiger partial charge in [-0.05, 0) is 40.8 Å². The highest BCUT2D eigenvalue weighted by atomic mass is 127. The van der Waals surface area contributed by atoms with Crippen LogP contribution in [0.1, 0.15) is 16.1 Å². The highest BCUT2D eigenvalue weighted by Gasteiger charge is 2.07. The van der Waals surface area contributed by atoms with Crippen LogP contribution in [0.25, 0.3) is 0 Å². The Morgan fingerprint density at radius 1 is 1.44 bits per heavy atom. The number of halogens is 1. The molecule has 2 aromatic rings. The van der Waals surface area contributed by atoms with E-state index < -0.39 is 0 Å². The van der Waals surface area contributed by atoms with Crippen LogP contribution in [-0.2, 0) is 7.05 Å². The maximum Gasteiger partial charge on any atom is 0.272 e. The Labute approximate surface area is 118 Å². The minimum absolute atomic E-state index is 0.224. The Morgan fingerprint density at radius 3 is 2.89 bits per heavy atom. The van der Waals surface area contributed by atoms with Gasteiger partial charge in [-0.15, -0.1) is 0 Å². The molecule has 6 heteroatoms. The lowest BCUT2D eigenvalue weighted by molar-refractivity contribution is 0.0954. The fraction of sp³-hybridized carbons (Fsp3) is 0.0833. The fourth-order valence-electron chi connectivity index (χ4n) is 1.37. The van der Waals surface area contributed by atoms with Gasteiger partial charge < -0.3 is 0 Å². The summed E-state index contributed by atoms with van der Waals surface area (Å²) in [6.45, 7) is 0.